The Labute approximate surface area is 148 Å². The topological polar surface area (TPSA) is 29.1 Å². The normalized spacial score (nSPS) is 31.4. The van der Waals surface area contributed by atoms with Crippen LogP contribution in [0.2, 0.25) is 0 Å². The lowest BCUT2D eigenvalue weighted by molar-refractivity contribution is 0.0825. The second kappa shape index (κ2) is 5.34. The molecule has 1 amide bonds. The monoisotopic (exact) mass is 377 g/mol. The standard InChI is InChI=1S/C20H28BrNO/c1-11-12(2)15(10-16(21)13(11)3)18(23)22-17-9-14-7-8-20(17,6)19(14,4)5/h10,14,17H,7-9H2,1-6H3,(H,22,23)/t14-,17+,20-/m1/s1. The quantitative estimate of drug-likeness (QED) is 0.742. The van der Waals surface area contributed by atoms with Crippen LogP contribution < -0.4 is 5.32 Å². The zero-order chi connectivity index (χ0) is 17.2. The van der Waals surface area contributed by atoms with Gasteiger partial charge in [0.05, 0.1) is 0 Å². The van der Waals surface area contributed by atoms with E-state index in [0.29, 0.717) is 11.5 Å². The van der Waals surface area contributed by atoms with Crippen molar-refractivity contribution in [2.24, 2.45) is 16.7 Å². The molecule has 3 atom stereocenters. The van der Waals surface area contributed by atoms with Gasteiger partial charge in [0.1, 0.15) is 0 Å². The highest BCUT2D eigenvalue weighted by Crippen LogP contribution is 2.65. The number of hydrogen-bond acceptors (Lipinski definition) is 1. The van der Waals surface area contributed by atoms with E-state index in [4.69, 9.17) is 0 Å². The van der Waals surface area contributed by atoms with Crippen molar-refractivity contribution in [3.05, 3.63) is 32.8 Å². The highest BCUT2D eigenvalue weighted by atomic mass is 79.9. The average Bonchev–Trinajstić information content (AvgIpc) is 2.82. The van der Waals surface area contributed by atoms with E-state index in [1.807, 2.05) is 6.07 Å². The summed E-state index contributed by atoms with van der Waals surface area (Å²) in [5, 5.41) is 3.38. The molecule has 2 bridgehead atoms. The van der Waals surface area contributed by atoms with Gasteiger partial charge >= 0.3 is 0 Å². The third kappa shape index (κ3) is 2.30. The van der Waals surface area contributed by atoms with Gasteiger partial charge in [-0.25, -0.2) is 0 Å². The Kier molecular flexibility index (Phi) is 3.95. The summed E-state index contributed by atoms with van der Waals surface area (Å²) in [7, 11) is 0. The van der Waals surface area contributed by atoms with Gasteiger partial charge in [0.25, 0.3) is 5.91 Å². The average molecular weight is 378 g/mol. The predicted molar refractivity (Wildman–Crippen MR) is 98.8 cm³/mol. The van der Waals surface area contributed by atoms with Crippen LogP contribution >= 0.6 is 15.9 Å². The Bertz CT molecular complexity index is 679. The molecule has 2 aliphatic carbocycles. The molecule has 0 spiro atoms. The Balaban J connectivity index is 1.87. The fourth-order valence-electron chi connectivity index (χ4n) is 4.90. The van der Waals surface area contributed by atoms with Crippen molar-refractivity contribution < 1.29 is 4.79 Å². The molecule has 0 aromatic heterocycles. The molecule has 1 aromatic rings. The molecular weight excluding hydrogens is 350 g/mol. The second-order valence-corrected chi connectivity index (χ2v) is 9.27. The summed E-state index contributed by atoms with van der Waals surface area (Å²) in [6.45, 7) is 13.4. The van der Waals surface area contributed by atoms with Crippen LogP contribution in [0.5, 0.6) is 0 Å². The third-order valence-corrected chi connectivity index (χ3v) is 8.33. The lowest BCUT2D eigenvalue weighted by Gasteiger charge is -2.39. The Hall–Kier alpha value is -0.830. The summed E-state index contributed by atoms with van der Waals surface area (Å²) in [6, 6.07) is 2.27. The summed E-state index contributed by atoms with van der Waals surface area (Å²) < 4.78 is 1.02. The van der Waals surface area contributed by atoms with Gasteiger partial charge in [0.15, 0.2) is 0 Å². The molecule has 2 saturated carbocycles. The number of hydrogen-bond donors (Lipinski definition) is 1. The molecule has 3 heteroatoms. The van der Waals surface area contributed by atoms with Crippen molar-refractivity contribution in [1.29, 1.82) is 0 Å². The molecule has 0 aliphatic heterocycles. The third-order valence-electron chi connectivity index (χ3n) is 7.50. The van der Waals surface area contributed by atoms with Crippen LogP contribution in [0.15, 0.2) is 10.5 Å². The van der Waals surface area contributed by atoms with Crippen LogP contribution in [0, 0.1) is 37.5 Å². The molecule has 2 nitrogen and oxygen atoms in total. The van der Waals surface area contributed by atoms with E-state index in [2.05, 4.69) is 62.8 Å². The van der Waals surface area contributed by atoms with E-state index in [1.165, 1.54) is 24.0 Å². The highest BCUT2D eigenvalue weighted by Gasteiger charge is 2.61. The van der Waals surface area contributed by atoms with E-state index in [1.54, 1.807) is 0 Å². The van der Waals surface area contributed by atoms with Crippen LogP contribution in [0.4, 0.5) is 0 Å². The lowest BCUT2D eigenvalue weighted by atomic mass is 9.69. The van der Waals surface area contributed by atoms with Gasteiger partial charge in [0.2, 0.25) is 0 Å². The van der Waals surface area contributed by atoms with Crippen molar-refractivity contribution in [1.82, 2.24) is 5.32 Å². The number of fused-ring (bicyclic) bond motifs is 2. The lowest BCUT2D eigenvalue weighted by Crippen LogP contribution is -2.47. The first-order valence-corrected chi connectivity index (χ1v) is 9.46. The maximum atomic E-state index is 12.9. The van der Waals surface area contributed by atoms with Gasteiger partial charge in [-0.3, -0.25) is 4.79 Å². The molecular formula is C20H28BrNO. The van der Waals surface area contributed by atoms with Gasteiger partial charge in [-0.1, -0.05) is 36.7 Å². The zero-order valence-electron chi connectivity index (χ0n) is 15.1. The first-order chi connectivity index (χ1) is 10.6. The molecule has 0 unspecified atom stereocenters. The van der Waals surface area contributed by atoms with E-state index in [0.717, 1.165) is 27.9 Å². The molecule has 0 heterocycles. The molecule has 126 valence electrons. The maximum Gasteiger partial charge on any atom is 0.251 e. The first kappa shape index (κ1) is 17.0. The van der Waals surface area contributed by atoms with Crippen molar-refractivity contribution in [2.45, 2.75) is 66.8 Å². The largest absolute Gasteiger partial charge is 0.349 e. The molecule has 2 aliphatic rings. The molecule has 1 N–H and O–H groups in total. The van der Waals surface area contributed by atoms with Crippen molar-refractivity contribution in [3.63, 3.8) is 0 Å². The summed E-state index contributed by atoms with van der Waals surface area (Å²) in [6.07, 6.45) is 3.66. The van der Waals surface area contributed by atoms with Crippen LogP contribution in [-0.2, 0) is 0 Å². The Morgan fingerprint density at radius 2 is 1.83 bits per heavy atom. The minimum absolute atomic E-state index is 0.0841. The van der Waals surface area contributed by atoms with Crippen LogP contribution in [0.25, 0.3) is 0 Å². The minimum Gasteiger partial charge on any atom is -0.349 e. The van der Waals surface area contributed by atoms with Gasteiger partial charge in [-0.05, 0) is 79.5 Å². The van der Waals surface area contributed by atoms with Crippen molar-refractivity contribution in [3.8, 4) is 0 Å². The molecule has 2 fully saturated rings. The smallest absolute Gasteiger partial charge is 0.251 e. The SMILES string of the molecule is Cc1c(Br)cc(C(=O)N[C@H]2C[C@H]3CC[C@@]2(C)C3(C)C)c(C)c1C. The van der Waals surface area contributed by atoms with Gasteiger partial charge in [-0.15, -0.1) is 0 Å². The number of carbonyl (C=O) groups is 1. The summed E-state index contributed by atoms with van der Waals surface area (Å²) in [5.41, 5.74) is 4.86. The van der Waals surface area contributed by atoms with Crippen LogP contribution in [-0.4, -0.2) is 11.9 Å². The number of benzene rings is 1. The molecule has 0 saturated heterocycles. The molecule has 23 heavy (non-hydrogen) atoms. The van der Waals surface area contributed by atoms with Gasteiger partial charge in [0, 0.05) is 16.1 Å². The highest BCUT2D eigenvalue weighted by molar-refractivity contribution is 9.10. The summed E-state index contributed by atoms with van der Waals surface area (Å²) in [4.78, 5) is 12.9. The molecule has 0 radical (unpaired) electrons. The van der Waals surface area contributed by atoms with E-state index in [9.17, 15) is 4.79 Å². The predicted octanol–water partition coefficient (Wildman–Crippen LogP) is 5.32. The fraction of sp³-hybridized carbons (Fsp3) is 0.650. The van der Waals surface area contributed by atoms with Crippen LogP contribution in [0.3, 0.4) is 0 Å². The number of carbonyl (C=O) groups excluding carboxylic acids is 1. The summed E-state index contributed by atoms with van der Waals surface area (Å²) >= 11 is 3.59. The molecule has 1 aromatic carbocycles. The number of nitrogens with one attached hydrogen (secondary N) is 1. The van der Waals surface area contributed by atoms with E-state index < -0.39 is 0 Å². The minimum atomic E-state index is 0.0841. The fourth-order valence-corrected chi connectivity index (χ4v) is 5.43. The van der Waals surface area contributed by atoms with Crippen LogP contribution in [0.1, 0.15) is 67.1 Å². The van der Waals surface area contributed by atoms with E-state index >= 15 is 0 Å². The number of halogens is 1. The maximum absolute atomic E-state index is 12.9. The van der Waals surface area contributed by atoms with Gasteiger partial charge < -0.3 is 5.32 Å². The number of amides is 1. The number of rotatable bonds is 2. The first-order valence-electron chi connectivity index (χ1n) is 8.66. The summed E-state index contributed by atoms with van der Waals surface area (Å²) in [5.74, 6) is 0.825. The zero-order valence-corrected chi connectivity index (χ0v) is 16.7. The van der Waals surface area contributed by atoms with E-state index in [-0.39, 0.29) is 11.3 Å². The second-order valence-electron chi connectivity index (χ2n) is 8.42. The Morgan fingerprint density at radius 1 is 1.17 bits per heavy atom. The van der Waals surface area contributed by atoms with Crippen molar-refractivity contribution >= 4 is 21.8 Å². The van der Waals surface area contributed by atoms with Crippen molar-refractivity contribution in [2.75, 3.05) is 0 Å². The Morgan fingerprint density at radius 3 is 2.35 bits per heavy atom. The molecule has 3 rings (SSSR count). The van der Waals surface area contributed by atoms with Gasteiger partial charge in [-0.2, -0.15) is 0 Å².